The number of nitrogens with zero attached hydrogens (tertiary/aromatic N) is 1. The number of nitrogens with one attached hydrogen (secondary N) is 1. The number of pyridine rings is 1. The number of aromatic nitrogens is 1. The number of carbonyl (C=O) groups is 2. The number of carbonyl (C=O) groups excluding carboxylic acids is 1. The Kier molecular flexibility index (Phi) is 4.56. The molecule has 2 N–H and O–H groups in total. The van der Waals surface area contributed by atoms with E-state index in [4.69, 9.17) is 4.42 Å². The third kappa shape index (κ3) is 3.34. The number of furan rings is 1. The van der Waals surface area contributed by atoms with Gasteiger partial charge in [-0.3, -0.25) is 4.79 Å². The molecule has 2 aromatic heterocycles. The van der Waals surface area contributed by atoms with E-state index in [1.807, 2.05) is 0 Å². The Morgan fingerprint density at radius 3 is 2.48 bits per heavy atom. The Labute approximate surface area is 164 Å². The topological polar surface area (TPSA) is 92.4 Å². The third-order valence-electron chi connectivity index (χ3n) is 4.55. The number of carboxylic acid groups (broad SMARTS) is 1. The summed E-state index contributed by atoms with van der Waals surface area (Å²) in [4.78, 5) is 28.1. The highest BCUT2D eigenvalue weighted by Crippen LogP contribution is 2.35. The zero-order valence-electron chi connectivity index (χ0n) is 15.3. The lowest BCUT2D eigenvalue weighted by Gasteiger charge is -2.04. The molecule has 6 nitrogen and oxygen atoms in total. The molecule has 0 spiro atoms. The molecule has 0 saturated carbocycles. The van der Waals surface area contributed by atoms with Crippen molar-refractivity contribution in [3.63, 3.8) is 0 Å². The van der Waals surface area contributed by atoms with Gasteiger partial charge in [0.15, 0.2) is 0 Å². The summed E-state index contributed by atoms with van der Waals surface area (Å²) in [6.45, 7) is 0. The van der Waals surface area contributed by atoms with Gasteiger partial charge >= 0.3 is 5.97 Å². The highest BCUT2D eigenvalue weighted by atomic mass is 19.1. The molecule has 0 aliphatic carbocycles. The molecule has 0 saturated heterocycles. The van der Waals surface area contributed by atoms with Gasteiger partial charge in [-0.25, -0.2) is 14.2 Å². The fraction of sp³-hybridized carbons (Fsp3) is 0.0455. The summed E-state index contributed by atoms with van der Waals surface area (Å²) in [5.41, 5.74) is 2.49. The SMILES string of the molecule is CNC(=O)c1c(-c2ccc(F)cc2)oc2ncc(-c3cccc(C(=O)O)c3)cc12. The van der Waals surface area contributed by atoms with Crippen molar-refractivity contribution in [1.29, 1.82) is 0 Å². The van der Waals surface area contributed by atoms with Gasteiger partial charge in [-0.15, -0.1) is 0 Å². The Morgan fingerprint density at radius 2 is 1.79 bits per heavy atom. The summed E-state index contributed by atoms with van der Waals surface area (Å²) in [7, 11) is 1.50. The largest absolute Gasteiger partial charge is 0.478 e. The molecule has 29 heavy (non-hydrogen) atoms. The van der Waals surface area contributed by atoms with Crippen LogP contribution in [0, 0.1) is 5.82 Å². The maximum Gasteiger partial charge on any atom is 0.335 e. The van der Waals surface area contributed by atoms with Crippen LogP contribution < -0.4 is 5.32 Å². The maximum absolute atomic E-state index is 13.3. The summed E-state index contributed by atoms with van der Waals surface area (Å²) in [5, 5.41) is 12.3. The zero-order valence-corrected chi connectivity index (χ0v) is 15.3. The van der Waals surface area contributed by atoms with Crippen LogP contribution in [0.4, 0.5) is 4.39 Å². The first kappa shape index (κ1) is 18.4. The molecule has 0 radical (unpaired) electrons. The predicted molar refractivity (Wildman–Crippen MR) is 105 cm³/mol. The number of carboxylic acids is 1. The molecule has 7 heteroatoms. The number of fused-ring (bicyclic) bond motifs is 1. The Bertz CT molecular complexity index is 1250. The fourth-order valence-electron chi connectivity index (χ4n) is 3.13. The molecule has 0 unspecified atom stereocenters. The molecular formula is C22H15FN2O4. The molecule has 2 heterocycles. The number of rotatable bonds is 4. The number of hydrogen-bond donors (Lipinski definition) is 2. The summed E-state index contributed by atoms with van der Waals surface area (Å²) >= 11 is 0. The van der Waals surface area contributed by atoms with E-state index in [9.17, 15) is 19.1 Å². The van der Waals surface area contributed by atoms with E-state index in [2.05, 4.69) is 10.3 Å². The van der Waals surface area contributed by atoms with Crippen LogP contribution in [0.3, 0.4) is 0 Å². The minimum absolute atomic E-state index is 0.147. The van der Waals surface area contributed by atoms with Gasteiger partial charge in [0, 0.05) is 24.4 Å². The van der Waals surface area contributed by atoms with Gasteiger partial charge in [0.2, 0.25) is 5.71 Å². The van der Waals surface area contributed by atoms with Gasteiger partial charge in [-0.2, -0.15) is 0 Å². The smallest absolute Gasteiger partial charge is 0.335 e. The maximum atomic E-state index is 13.3. The quantitative estimate of drug-likeness (QED) is 0.540. The van der Waals surface area contributed by atoms with Gasteiger partial charge in [0.05, 0.1) is 16.5 Å². The highest BCUT2D eigenvalue weighted by Gasteiger charge is 2.23. The molecule has 4 aromatic rings. The van der Waals surface area contributed by atoms with E-state index < -0.39 is 11.8 Å². The summed E-state index contributed by atoms with van der Waals surface area (Å²) in [6, 6.07) is 13.8. The van der Waals surface area contributed by atoms with Crippen LogP contribution in [0.1, 0.15) is 20.7 Å². The van der Waals surface area contributed by atoms with Crippen molar-refractivity contribution in [2.45, 2.75) is 0 Å². The van der Waals surface area contributed by atoms with E-state index in [-0.39, 0.29) is 28.5 Å². The van der Waals surface area contributed by atoms with Gasteiger partial charge in [-0.05, 0) is 48.0 Å². The molecule has 0 fully saturated rings. The highest BCUT2D eigenvalue weighted by molar-refractivity contribution is 6.11. The van der Waals surface area contributed by atoms with Crippen molar-refractivity contribution in [2.75, 3.05) is 7.05 Å². The van der Waals surface area contributed by atoms with Gasteiger partial charge in [0.25, 0.3) is 5.91 Å². The summed E-state index contributed by atoms with van der Waals surface area (Å²) in [6.07, 6.45) is 1.55. The second-order valence-electron chi connectivity index (χ2n) is 6.35. The van der Waals surface area contributed by atoms with E-state index >= 15 is 0 Å². The van der Waals surface area contributed by atoms with Crippen LogP contribution in [0.5, 0.6) is 0 Å². The first-order chi connectivity index (χ1) is 14.0. The molecule has 0 atom stereocenters. The van der Waals surface area contributed by atoms with Crippen LogP contribution >= 0.6 is 0 Å². The van der Waals surface area contributed by atoms with Gasteiger partial charge in [0.1, 0.15) is 11.6 Å². The normalized spacial score (nSPS) is 10.8. The number of benzene rings is 2. The average Bonchev–Trinajstić information content (AvgIpc) is 3.12. The summed E-state index contributed by atoms with van der Waals surface area (Å²) in [5.74, 6) is -1.52. The lowest BCUT2D eigenvalue weighted by atomic mass is 10.0. The van der Waals surface area contributed by atoms with Crippen molar-refractivity contribution >= 4 is 23.0 Å². The minimum Gasteiger partial charge on any atom is -0.478 e. The number of halogens is 1. The van der Waals surface area contributed by atoms with Crippen molar-refractivity contribution in [1.82, 2.24) is 10.3 Å². The van der Waals surface area contributed by atoms with Crippen molar-refractivity contribution in [3.8, 4) is 22.5 Å². The van der Waals surface area contributed by atoms with Crippen LogP contribution in [0.15, 0.2) is 65.2 Å². The first-order valence-corrected chi connectivity index (χ1v) is 8.72. The number of amides is 1. The van der Waals surface area contributed by atoms with Crippen LogP contribution in [0.25, 0.3) is 33.6 Å². The molecule has 4 rings (SSSR count). The Balaban J connectivity index is 1.92. The van der Waals surface area contributed by atoms with E-state index in [0.29, 0.717) is 22.1 Å². The number of hydrogen-bond acceptors (Lipinski definition) is 4. The van der Waals surface area contributed by atoms with Crippen molar-refractivity contribution < 1.29 is 23.5 Å². The van der Waals surface area contributed by atoms with Crippen LogP contribution in [0.2, 0.25) is 0 Å². The van der Waals surface area contributed by atoms with Crippen molar-refractivity contribution in [3.05, 3.63) is 77.7 Å². The van der Waals surface area contributed by atoms with E-state index in [1.165, 1.54) is 43.4 Å². The number of aromatic carboxylic acids is 1. The van der Waals surface area contributed by atoms with Gasteiger partial charge < -0.3 is 14.8 Å². The molecule has 1 amide bonds. The molecule has 144 valence electrons. The first-order valence-electron chi connectivity index (χ1n) is 8.72. The second-order valence-corrected chi connectivity index (χ2v) is 6.35. The second kappa shape index (κ2) is 7.20. The fourth-order valence-corrected chi connectivity index (χ4v) is 3.13. The molecule has 0 bridgehead atoms. The monoisotopic (exact) mass is 390 g/mol. The van der Waals surface area contributed by atoms with Gasteiger partial charge in [-0.1, -0.05) is 12.1 Å². The zero-order chi connectivity index (χ0) is 20.5. The standard InChI is InChI=1S/C22H15FN2O4/c1-24-20(26)18-17-10-15(13-3-2-4-14(9-13)22(27)28)11-25-21(17)29-19(18)12-5-7-16(23)8-6-12/h2-11H,1H3,(H,24,26)(H,27,28). The van der Waals surface area contributed by atoms with Crippen LogP contribution in [-0.4, -0.2) is 29.0 Å². The average molecular weight is 390 g/mol. The molecule has 0 aliphatic heterocycles. The lowest BCUT2D eigenvalue weighted by Crippen LogP contribution is -2.18. The molecular weight excluding hydrogens is 375 g/mol. The Morgan fingerprint density at radius 1 is 1.03 bits per heavy atom. The predicted octanol–water partition coefficient (Wildman–Crippen LogP) is 4.36. The minimum atomic E-state index is -1.03. The van der Waals surface area contributed by atoms with Crippen LogP contribution in [-0.2, 0) is 0 Å². The van der Waals surface area contributed by atoms with E-state index in [1.54, 1.807) is 24.4 Å². The van der Waals surface area contributed by atoms with E-state index in [0.717, 1.165) is 0 Å². The molecule has 2 aromatic carbocycles. The van der Waals surface area contributed by atoms with Crippen molar-refractivity contribution in [2.24, 2.45) is 0 Å². The Hall–Kier alpha value is -4.00. The lowest BCUT2D eigenvalue weighted by molar-refractivity contribution is 0.0696. The summed E-state index contributed by atoms with van der Waals surface area (Å²) < 4.78 is 19.1. The molecule has 0 aliphatic rings. The third-order valence-corrected chi connectivity index (χ3v) is 4.55.